The van der Waals surface area contributed by atoms with Crippen LogP contribution in [0.25, 0.3) is 0 Å². The minimum absolute atomic E-state index is 0. The summed E-state index contributed by atoms with van der Waals surface area (Å²) in [6.45, 7) is 6.33. The maximum absolute atomic E-state index is 11.8. The van der Waals surface area contributed by atoms with E-state index >= 15 is 0 Å². The molecule has 2 rings (SSSR count). The molecule has 2 heterocycles. The van der Waals surface area contributed by atoms with Crippen molar-refractivity contribution in [3.8, 4) is 5.75 Å². The van der Waals surface area contributed by atoms with E-state index in [4.69, 9.17) is 4.74 Å². The van der Waals surface area contributed by atoms with Crippen LogP contribution in [0.3, 0.4) is 0 Å². The van der Waals surface area contributed by atoms with Crippen LogP contribution in [0.15, 0.2) is 29.5 Å². The summed E-state index contributed by atoms with van der Waals surface area (Å²) < 4.78 is 5.62. The molecule has 0 atom stereocenters. The minimum atomic E-state index is 0. The van der Waals surface area contributed by atoms with Gasteiger partial charge in [-0.1, -0.05) is 6.92 Å². The van der Waals surface area contributed by atoms with Gasteiger partial charge >= 0.3 is 0 Å². The van der Waals surface area contributed by atoms with E-state index in [0.29, 0.717) is 25.7 Å². The van der Waals surface area contributed by atoms with E-state index in [-0.39, 0.29) is 29.9 Å². The van der Waals surface area contributed by atoms with Crippen molar-refractivity contribution in [3.63, 3.8) is 0 Å². The number of guanidine groups is 1. The molecule has 0 spiro atoms. The molecule has 1 aliphatic heterocycles. The average molecular weight is 504 g/mol. The number of nitrogens with zero attached hydrogens (tertiary/aromatic N) is 3. The zero-order valence-electron chi connectivity index (χ0n) is 16.8. The molecule has 1 aromatic rings. The molecule has 1 amide bonds. The number of hydrogen-bond donors (Lipinski definition) is 3. The number of aliphatic imine (C=N–C) groups is 1. The van der Waals surface area contributed by atoms with E-state index < -0.39 is 0 Å². The predicted molar refractivity (Wildman–Crippen MR) is 122 cm³/mol. The molecule has 1 saturated heterocycles. The summed E-state index contributed by atoms with van der Waals surface area (Å²) in [5.41, 5.74) is 0. The summed E-state index contributed by atoms with van der Waals surface area (Å²) in [5.74, 6) is 1.66. The number of pyridine rings is 1. The summed E-state index contributed by atoms with van der Waals surface area (Å²) in [6.07, 6.45) is 6.38. The number of piperidine rings is 1. The molecular weight excluding hydrogens is 471 g/mol. The van der Waals surface area contributed by atoms with E-state index in [1.807, 2.05) is 12.1 Å². The maximum atomic E-state index is 11.8. The fraction of sp³-hybridized carbons (Fsp3) is 0.632. The van der Waals surface area contributed by atoms with Crippen molar-refractivity contribution in [3.05, 3.63) is 24.5 Å². The van der Waals surface area contributed by atoms with Crippen LogP contribution in [-0.4, -0.2) is 74.2 Å². The van der Waals surface area contributed by atoms with Gasteiger partial charge in [-0.25, -0.2) is 0 Å². The van der Waals surface area contributed by atoms with E-state index in [2.05, 4.69) is 37.8 Å². The van der Waals surface area contributed by atoms with Gasteiger partial charge in [0.1, 0.15) is 12.4 Å². The molecule has 8 nitrogen and oxygen atoms in total. The SMILES string of the molecule is CCCNC(=O)CN1CCC(NC(=NC)NCCOc2cccnc2)CC1.I. The molecule has 0 saturated carbocycles. The largest absolute Gasteiger partial charge is 0.490 e. The van der Waals surface area contributed by atoms with Crippen molar-refractivity contribution in [2.45, 2.75) is 32.2 Å². The fourth-order valence-corrected chi connectivity index (χ4v) is 2.92. The third kappa shape index (κ3) is 9.54. The molecule has 0 aromatic carbocycles. The number of hydrogen-bond acceptors (Lipinski definition) is 5. The Kier molecular flexibility index (Phi) is 12.5. The summed E-state index contributed by atoms with van der Waals surface area (Å²) in [4.78, 5) is 22.3. The van der Waals surface area contributed by atoms with Crippen molar-refractivity contribution in [1.82, 2.24) is 25.8 Å². The molecule has 9 heteroatoms. The second-order valence-corrected chi connectivity index (χ2v) is 6.58. The van der Waals surface area contributed by atoms with Crippen LogP contribution in [0.5, 0.6) is 5.75 Å². The Labute approximate surface area is 184 Å². The number of aromatic nitrogens is 1. The smallest absolute Gasteiger partial charge is 0.234 e. The van der Waals surface area contributed by atoms with Crippen LogP contribution in [-0.2, 0) is 4.79 Å². The Morgan fingerprint density at radius 2 is 2.11 bits per heavy atom. The minimum Gasteiger partial charge on any atom is -0.490 e. The van der Waals surface area contributed by atoms with E-state index in [1.165, 1.54) is 0 Å². The van der Waals surface area contributed by atoms with Crippen molar-refractivity contribution in [2.24, 2.45) is 4.99 Å². The molecule has 0 unspecified atom stereocenters. The van der Waals surface area contributed by atoms with Crippen LogP contribution in [0.2, 0.25) is 0 Å². The lowest BCUT2D eigenvalue weighted by Gasteiger charge is -2.32. The number of rotatable bonds is 9. The van der Waals surface area contributed by atoms with Gasteiger partial charge in [0.15, 0.2) is 5.96 Å². The van der Waals surface area contributed by atoms with Crippen molar-refractivity contribution in [2.75, 3.05) is 46.4 Å². The lowest BCUT2D eigenvalue weighted by atomic mass is 10.1. The molecule has 158 valence electrons. The molecule has 1 fully saturated rings. The normalized spacial score (nSPS) is 15.4. The summed E-state index contributed by atoms with van der Waals surface area (Å²) in [7, 11) is 1.77. The zero-order valence-corrected chi connectivity index (χ0v) is 19.1. The third-order valence-corrected chi connectivity index (χ3v) is 4.39. The first-order chi connectivity index (χ1) is 13.2. The Morgan fingerprint density at radius 1 is 1.32 bits per heavy atom. The lowest BCUT2D eigenvalue weighted by molar-refractivity contribution is -0.122. The first-order valence-electron chi connectivity index (χ1n) is 9.70. The first-order valence-corrected chi connectivity index (χ1v) is 9.70. The Bertz CT molecular complexity index is 579. The van der Waals surface area contributed by atoms with Crippen molar-refractivity contribution in [1.29, 1.82) is 0 Å². The fourth-order valence-electron chi connectivity index (χ4n) is 2.92. The van der Waals surface area contributed by atoms with E-state index in [1.54, 1.807) is 19.4 Å². The van der Waals surface area contributed by atoms with Gasteiger partial charge in [0, 0.05) is 38.9 Å². The standard InChI is InChI=1S/C19H32N6O2.HI/c1-3-8-22-18(26)15-25-11-6-16(7-12-25)24-19(20-2)23-10-13-27-17-5-4-9-21-14-17;/h4-5,9,14,16H,3,6-8,10-13,15H2,1-2H3,(H,22,26)(H2,20,23,24);1H. The zero-order chi connectivity index (χ0) is 19.3. The van der Waals surface area contributed by atoms with Crippen molar-refractivity contribution < 1.29 is 9.53 Å². The molecule has 1 aliphatic rings. The second-order valence-electron chi connectivity index (χ2n) is 6.58. The van der Waals surface area contributed by atoms with Gasteiger partial charge < -0.3 is 20.7 Å². The highest BCUT2D eigenvalue weighted by molar-refractivity contribution is 14.0. The van der Waals surface area contributed by atoms with Gasteiger partial charge in [-0.3, -0.25) is 19.7 Å². The molecule has 3 N–H and O–H groups in total. The van der Waals surface area contributed by atoms with Gasteiger partial charge in [0.2, 0.25) is 5.91 Å². The third-order valence-electron chi connectivity index (χ3n) is 4.39. The summed E-state index contributed by atoms with van der Waals surface area (Å²) >= 11 is 0. The first kappa shape index (κ1) is 24.4. The number of nitrogens with one attached hydrogen (secondary N) is 3. The summed E-state index contributed by atoms with van der Waals surface area (Å²) in [5, 5.41) is 9.66. The second kappa shape index (κ2) is 14.4. The number of ether oxygens (including phenoxy) is 1. The maximum Gasteiger partial charge on any atom is 0.234 e. The molecular formula is C19H33IN6O2. The van der Waals surface area contributed by atoms with Crippen molar-refractivity contribution >= 4 is 35.8 Å². The van der Waals surface area contributed by atoms with E-state index in [9.17, 15) is 4.79 Å². The lowest BCUT2D eigenvalue weighted by Crippen LogP contribution is -2.50. The highest BCUT2D eigenvalue weighted by atomic mass is 127. The highest BCUT2D eigenvalue weighted by Gasteiger charge is 2.21. The molecule has 0 radical (unpaired) electrons. The molecule has 1 aromatic heterocycles. The topological polar surface area (TPSA) is 90.9 Å². The highest BCUT2D eigenvalue weighted by Crippen LogP contribution is 2.10. The number of carbonyl (C=O) groups is 1. The molecule has 0 aliphatic carbocycles. The van der Waals surface area contributed by atoms with Gasteiger partial charge in [0.05, 0.1) is 19.3 Å². The van der Waals surface area contributed by atoms with Crippen LogP contribution < -0.4 is 20.7 Å². The number of carbonyl (C=O) groups excluding carboxylic acids is 1. The van der Waals surface area contributed by atoms with E-state index in [0.717, 1.165) is 50.6 Å². The van der Waals surface area contributed by atoms with Crippen LogP contribution in [0.4, 0.5) is 0 Å². The number of amides is 1. The summed E-state index contributed by atoms with van der Waals surface area (Å²) in [6, 6.07) is 4.10. The van der Waals surface area contributed by atoms with Gasteiger partial charge in [0.25, 0.3) is 0 Å². The molecule has 0 bridgehead atoms. The molecule has 28 heavy (non-hydrogen) atoms. The Balaban J connectivity index is 0.00000392. The monoisotopic (exact) mass is 504 g/mol. The van der Waals surface area contributed by atoms with Crippen LogP contribution >= 0.6 is 24.0 Å². The Morgan fingerprint density at radius 3 is 2.75 bits per heavy atom. The number of likely N-dealkylation sites (tertiary alicyclic amines) is 1. The van der Waals surface area contributed by atoms with Gasteiger partial charge in [-0.15, -0.1) is 24.0 Å². The quantitative estimate of drug-likeness (QED) is 0.203. The Hall–Kier alpha value is -1.62. The van der Waals surface area contributed by atoms with Gasteiger partial charge in [-0.05, 0) is 31.4 Å². The van der Waals surface area contributed by atoms with Crippen LogP contribution in [0.1, 0.15) is 26.2 Å². The average Bonchev–Trinajstić information content (AvgIpc) is 2.70. The predicted octanol–water partition coefficient (Wildman–Crippen LogP) is 1.23. The van der Waals surface area contributed by atoms with Gasteiger partial charge in [-0.2, -0.15) is 0 Å². The van der Waals surface area contributed by atoms with Crippen LogP contribution in [0, 0.1) is 0 Å². The number of halogens is 1.